The molecule has 2 nitrogen and oxygen atoms in total. The van der Waals surface area contributed by atoms with Crippen molar-refractivity contribution >= 4 is 26.5 Å². The summed E-state index contributed by atoms with van der Waals surface area (Å²) < 4.78 is 3.57. The van der Waals surface area contributed by atoms with Crippen LogP contribution < -0.4 is 0 Å². The van der Waals surface area contributed by atoms with Crippen LogP contribution in [0.3, 0.4) is 0 Å². The van der Waals surface area contributed by atoms with E-state index in [1.807, 2.05) is 0 Å². The normalized spacial score (nSPS) is 11.6. The Morgan fingerprint density at radius 2 is 1.96 bits per heavy atom. The van der Waals surface area contributed by atoms with Crippen molar-refractivity contribution in [2.75, 3.05) is 0 Å². The molecule has 24 heavy (non-hydrogen) atoms. The molecule has 0 saturated heterocycles. The maximum Gasteiger partial charge on any atom is 0.195 e. The molecule has 0 aliphatic rings. The molecule has 4 aromatic rings. The van der Waals surface area contributed by atoms with Crippen LogP contribution in [0, 0.1) is 13.8 Å². The monoisotopic (exact) mass is 334 g/mol. The van der Waals surface area contributed by atoms with Gasteiger partial charge in [-0.25, -0.2) is 4.98 Å². The van der Waals surface area contributed by atoms with Crippen molar-refractivity contribution in [2.24, 2.45) is 0 Å². The molecular formula is C21H22N2S. The minimum absolute atomic E-state index is 1.07. The van der Waals surface area contributed by atoms with Gasteiger partial charge in [0, 0.05) is 11.8 Å². The van der Waals surface area contributed by atoms with Gasteiger partial charge in [-0.05, 0) is 56.0 Å². The number of fused-ring (bicyclic) bond motifs is 3. The van der Waals surface area contributed by atoms with Crippen LogP contribution in [0.4, 0.5) is 0 Å². The Hall–Kier alpha value is -2.13. The highest BCUT2D eigenvalue weighted by molar-refractivity contribution is 7.23. The van der Waals surface area contributed by atoms with Gasteiger partial charge in [-0.2, -0.15) is 0 Å². The van der Waals surface area contributed by atoms with Crippen LogP contribution in [0.25, 0.3) is 26.4 Å². The smallest absolute Gasteiger partial charge is 0.195 e. The first-order chi connectivity index (χ1) is 11.7. The molecule has 0 spiro atoms. The molecular weight excluding hydrogens is 312 g/mol. The fourth-order valence-corrected chi connectivity index (χ4v) is 4.29. The second-order valence-electron chi connectivity index (χ2n) is 6.60. The van der Waals surface area contributed by atoms with Crippen LogP contribution in [-0.2, 0) is 6.42 Å². The lowest BCUT2D eigenvalue weighted by molar-refractivity contribution is 0.796. The molecule has 2 heterocycles. The van der Waals surface area contributed by atoms with E-state index in [-0.39, 0.29) is 0 Å². The van der Waals surface area contributed by atoms with Crippen LogP contribution in [0.1, 0.15) is 36.5 Å². The zero-order valence-electron chi connectivity index (χ0n) is 14.5. The minimum atomic E-state index is 1.07. The number of unbranched alkanes of at least 4 members (excludes halogenated alkanes) is 1. The number of hydrogen-bond donors (Lipinski definition) is 0. The molecule has 0 amide bonds. The van der Waals surface area contributed by atoms with Crippen molar-refractivity contribution in [3.8, 4) is 11.3 Å². The second-order valence-corrected chi connectivity index (χ2v) is 7.61. The molecule has 0 unspecified atom stereocenters. The Morgan fingerprint density at radius 3 is 2.79 bits per heavy atom. The molecule has 3 heteroatoms. The maximum atomic E-state index is 4.90. The molecule has 122 valence electrons. The van der Waals surface area contributed by atoms with Gasteiger partial charge in [0.05, 0.1) is 15.9 Å². The van der Waals surface area contributed by atoms with E-state index in [4.69, 9.17) is 4.98 Å². The molecule has 0 saturated carbocycles. The third-order valence-corrected chi connectivity index (χ3v) is 5.66. The summed E-state index contributed by atoms with van der Waals surface area (Å²) in [6, 6.07) is 13.4. The standard InChI is InChI=1S/C21H22N2S/c1-4-5-6-16-9-10-19-20(12-16)24-21-22-18(13-23(19)21)17-11-14(2)7-8-15(17)3/h7-13H,4-6H2,1-3H3. The highest BCUT2D eigenvalue weighted by atomic mass is 32.1. The number of rotatable bonds is 4. The van der Waals surface area contributed by atoms with E-state index < -0.39 is 0 Å². The average molecular weight is 334 g/mol. The van der Waals surface area contributed by atoms with Gasteiger partial charge in [-0.3, -0.25) is 4.40 Å². The summed E-state index contributed by atoms with van der Waals surface area (Å²) in [5.74, 6) is 0. The van der Waals surface area contributed by atoms with Gasteiger partial charge in [0.2, 0.25) is 0 Å². The summed E-state index contributed by atoms with van der Waals surface area (Å²) in [5, 5.41) is 0. The summed E-state index contributed by atoms with van der Waals surface area (Å²) in [6.07, 6.45) is 5.85. The zero-order chi connectivity index (χ0) is 16.7. The largest absolute Gasteiger partial charge is 0.290 e. The number of nitrogens with zero attached hydrogens (tertiary/aromatic N) is 2. The predicted octanol–water partition coefficient (Wildman–Crippen LogP) is 6.18. The van der Waals surface area contributed by atoms with Crippen LogP contribution in [-0.4, -0.2) is 9.38 Å². The molecule has 0 radical (unpaired) electrons. The lowest BCUT2D eigenvalue weighted by atomic mass is 10.0. The molecule has 0 bridgehead atoms. The second kappa shape index (κ2) is 6.06. The van der Waals surface area contributed by atoms with Crippen molar-refractivity contribution < 1.29 is 0 Å². The number of hydrogen-bond acceptors (Lipinski definition) is 2. The lowest BCUT2D eigenvalue weighted by Gasteiger charge is -2.03. The summed E-state index contributed by atoms with van der Waals surface area (Å²) in [5.41, 5.74) is 7.55. The van der Waals surface area contributed by atoms with Gasteiger partial charge >= 0.3 is 0 Å². The van der Waals surface area contributed by atoms with E-state index in [0.29, 0.717) is 0 Å². The molecule has 0 N–H and O–H groups in total. The summed E-state index contributed by atoms with van der Waals surface area (Å²) >= 11 is 1.79. The molecule has 0 aliphatic carbocycles. The van der Waals surface area contributed by atoms with Crippen LogP contribution >= 0.6 is 11.3 Å². The van der Waals surface area contributed by atoms with E-state index in [9.17, 15) is 0 Å². The Labute approximate surface area is 146 Å². The average Bonchev–Trinajstić information content (AvgIpc) is 3.12. The van der Waals surface area contributed by atoms with Crippen molar-refractivity contribution in [2.45, 2.75) is 40.0 Å². The summed E-state index contributed by atoms with van der Waals surface area (Å²) in [7, 11) is 0. The highest BCUT2D eigenvalue weighted by Gasteiger charge is 2.12. The van der Waals surface area contributed by atoms with Crippen LogP contribution in [0.5, 0.6) is 0 Å². The Balaban J connectivity index is 1.80. The van der Waals surface area contributed by atoms with Crippen LogP contribution in [0.2, 0.25) is 0 Å². The van der Waals surface area contributed by atoms with E-state index in [0.717, 1.165) is 10.7 Å². The third-order valence-electron chi connectivity index (χ3n) is 4.65. The third kappa shape index (κ3) is 2.63. The predicted molar refractivity (Wildman–Crippen MR) is 104 cm³/mol. The van der Waals surface area contributed by atoms with Crippen LogP contribution in [0.15, 0.2) is 42.6 Å². The molecule has 2 aromatic heterocycles. The van der Waals surface area contributed by atoms with E-state index >= 15 is 0 Å². The van der Waals surface area contributed by atoms with E-state index in [1.54, 1.807) is 11.3 Å². The van der Waals surface area contributed by atoms with Gasteiger partial charge in [0.25, 0.3) is 0 Å². The number of imidazole rings is 1. The SMILES string of the molecule is CCCCc1ccc2c(c1)sc1nc(-c3cc(C)ccc3C)cn12. The number of benzene rings is 2. The number of thiazole rings is 1. The lowest BCUT2D eigenvalue weighted by Crippen LogP contribution is -1.86. The first kappa shape index (κ1) is 15.4. The fraction of sp³-hybridized carbons (Fsp3) is 0.286. The topological polar surface area (TPSA) is 17.3 Å². The molecule has 0 aliphatic heterocycles. The highest BCUT2D eigenvalue weighted by Crippen LogP contribution is 2.31. The van der Waals surface area contributed by atoms with Gasteiger partial charge < -0.3 is 0 Å². The molecule has 0 fully saturated rings. The quantitative estimate of drug-likeness (QED) is 0.436. The zero-order valence-corrected chi connectivity index (χ0v) is 15.3. The van der Waals surface area contributed by atoms with Crippen molar-refractivity contribution in [1.29, 1.82) is 0 Å². The maximum absolute atomic E-state index is 4.90. The first-order valence-electron chi connectivity index (χ1n) is 8.64. The number of aryl methyl sites for hydroxylation is 3. The van der Waals surface area contributed by atoms with Gasteiger partial charge in [0.1, 0.15) is 0 Å². The Morgan fingerprint density at radius 1 is 1.08 bits per heavy atom. The summed E-state index contributed by atoms with van der Waals surface area (Å²) in [4.78, 5) is 5.97. The van der Waals surface area contributed by atoms with Gasteiger partial charge in [0.15, 0.2) is 4.96 Å². The first-order valence-corrected chi connectivity index (χ1v) is 9.45. The van der Waals surface area contributed by atoms with Crippen molar-refractivity contribution in [3.05, 3.63) is 59.3 Å². The van der Waals surface area contributed by atoms with E-state index in [1.165, 1.54) is 51.7 Å². The molecule has 4 rings (SSSR count). The summed E-state index contributed by atoms with van der Waals surface area (Å²) in [6.45, 7) is 6.53. The molecule has 2 aromatic carbocycles. The van der Waals surface area contributed by atoms with Gasteiger partial charge in [-0.1, -0.05) is 48.4 Å². The number of aromatic nitrogens is 2. The van der Waals surface area contributed by atoms with Crippen molar-refractivity contribution in [3.63, 3.8) is 0 Å². The fourth-order valence-electron chi connectivity index (χ4n) is 3.22. The van der Waals surface area contributed by atoms with Crippen molar-refractivity contribution in [1.82, 2.24) is 9.38 Å². The Kier molecular flexibility index (Phi) is 3.89. The molecule has 0 atom stereocenters. The Bertz CT molecular complexity index is 1020. The van der Waals surface area contributed by atoms with Gasteiger partial charge in [-0.15, -0.1) is 0 Å². The van der Waals surface area contributed by atoms with E-state index in [2.05, 4.69) is 67.8 Å². The minimum Gasteiger partial charge on any atom is -0.290 e.